The van der Waals surface area contributed by atoms with Gasteiger partial charge in [0.05, 0.1) is 0 Å². The molecule has 1 atom stereocenters. The first-order valence-electron chi connectivity index (χ1n) is 5.99. The van der Waals surface area contributed by atoms with Crippen molar-refractivity contribution in [3.8, 4) is 0 Å². The highest BCUT2D eigenvalue weighted by Gasteiger charge is 2.48. The Morgan fingerprint density at radius 1 is 0.923 bits per heavy atom. The van der Waals surface area contributed by atoms with Crippen molar-refractivity contribution in [3.63, 3.8) is 0 Å². The molecule has 0 spiro atoms. The van der Waals surface area contributed by atoms with Crippen LogP contribution in [-0.4, -0.2) is 6.04 Å². The van der Waals surface area contributed by atoms with E-state index in [1.807, 2.05) is 0 Å². The van der Waals surface area contributed by atoms with Crippen LogP contribution in [0.3, 0.4) is 0 Å². The molecule has 4 saturated carbocycles. The van der Waals surface area contributed by atoms with Gasteiger partial charge in [-0.25, -0.2) is 0 Å². The first-order chi connectivity index (χ1) is 6.24. The van der Waals surface area contributed by atoms with E-state index in [1.54, 1.807) is 6.42 Å². The van der Waals surface area contributed by atoms with E-state index < -0.39 is 0 Å². The number of hydrogen-bond acceptors (Lipinski definition) is 1. The zero-order chi connectivity index (χ0) is 9.00. The van der Waals surface area contributed by atoms with Gasteiger partial charge in [0.15, 0.2) is 0 Å². The van der Waals surface area contributed by atoms with Crippen LogP contribution in [0.2, 0.25) is 0 Å². The van der Waals surface area contributed by atoms with Gasteiger partial charge in [0.25, 0.3) is 0 Å². The van der Waals surface area contributed by atoms with Crippen molar-refractivity contribution in [3.05, 3.63) is 0 Å². The Bertz CT molecular complexity index is 181. The molecule has 0 amide bonds. The maximum absolute atomic E-state index is 6.12. The summed E-state index contributed by atoms with van der Waals surface area (Å²) in [5.74, 6) is 5.09. The summed E-state index contributed by atoms with van der Waals surface area (Å²) in [6.07, 6.45) is 7.61. The van der Waals surface area contributed by atoms with Crippen LogP contribution in [0.15, 0.2) is 0 Å². The molecule has 0 saturated heterocycles. The lowest BCUT2D eigenvalue weighted by atomic mass is 9.51. The van der Waals surface area contributed by atoms with Crippen molar-refractivity contribution < 1.29 is 0 Å². The summed E-state index contributed by atoms with van der Waals surface area (Å²) in [5.41, 5.74) is 6.12. The van der Waals surface area contributed by atoms with Gasteiger partial charge in [-0.3, -0.25) is 0 Å². The molecule has 4 aliphatic carbocycles. The molecule has 4 bridgehead atoms. The van der Waals surface area contributed by atoms with Crippen molar-refractivity contribution in [1.29, 1.82) is 0 Å². The molecule has 4 rings (SSSR count). The Morgan fingerprint density at radius 2 is 1.38 bits per heavy atom. The molecule has 1 heteroatoms. The Hall–Kier alpha value is -0.0400. The molecule has 13 heavy (non-hydrogen) atoms. The van der Waals surface area contributed by atoms with Crippen LogP contribution in [0.5, 0.6) is 0 Å². The third-order valence-electron chi connectivity index (χ3n) is 4.91. The van der Waals surface area contributed by atoms with Crippen LogP contribution in [0.25, 0.3) is 0 Å². The molecule has 74 valence electrons. The standard InChI is InChI=1S/C12H21N/c1-7(13)12-10-3-8-2-9(5-10)6-11(12)4-8/h7-12H,2-6,13H2,1H3. The summed E-state index contributed by atoms with van der Waals surface area (Å²) in [4.78, 5) is 0. The Morgan fingerprint density at radius 3 is 1.77 bits per heavy atom. The molecular formula is C12H21N. The first kappa shape index (κ1) is 8.28. The van der Waals surface area contributed by atoms with E-state index in [9.17, 15) is 0 Å². The number of hydrogen-bond donors (Lipinski definition) is 1. The maximum atomic E-state index is 6.12. The molecule has 0 aliphatic heterocycles. The van der Waals surface area contributed by atoms with E-state index in [1.165, 1.54) is 25.7 Å². The lowest BCUT2D eigenvalue weighted by Crippen LogP contribution is -2.50. The van der Waals surface area contributed by atoms with E-state index in [0.717, 1.165) is 29.6 Å². The highest BCUT2D eigenvalue weighted by atomic mass is 14.7. The van der Waals surface area contributed by atoms with Crippen molar-refractivity contribution in [2.24, 2.45) is 35.3 Å². The van der Waals surface area contributed by atoms with Crippen LogP contribution in [0, 0.1) is 29.6 Å². The fourth-order valence-electron chi connectivity index (χ4n) is 4.83. The molecule has 1 unspecified atom stereocenters. The quantitative estimate of drug-likeness (QED) is 0.657. The molecule has 2 N–H and O–H groups in total. The second-order valence-corrected chi connectivity index (χ2v) is 5.87. The van der Waals surface area contributed by atoms with Crippen molar-refractivity contribution in [1.82, 2.24) is 0 Å². The second kappa shape index (κ2) is 2.73. The fourth-order valence-corrected chi connectivity index (χ4v) is 4.83. The van der Waals surface area contributed by atoms with Crippen LogP contribution in [0.1, 0.15) is 39.0 Å². The molecule has 0 heterocycles. The normalized spacial score (nSPS) is 55.4. The molecular weight excluding hydrogens is 158 g/mol. The molecule has 1 nitrogen and oxygen atoms in total. The minimum absolute atomic E-state index is 0.454. The van der Waals surface area contributed by atoms with Crippen LogP contribution < -0.4 is 5.73 Å². The predicted molar refractivity (Wildman–Crippen MR) is 54.2 cm³/mol. The third kappa shape index (κ3) is 1.16. The van der Waals surface area contributed by atoms with Crippen LogP contribution in [0.4, 0.5) is 0 Å². The summed E-state index contributed by atoms with van der Waals surface area (Å²) in [6.45, 7) is 2.23. The van der Waals surface area contributed by atoms with E-state index in [2.05, 4.69) is 6.92 Å². The monoisotopic (exact) mass is 179 g/mol. The molecule has 4 fully saturated rings. The summed E-state index contributed by atoms with van der Waals surface area (Å²) >= 11 is 0. The van der Waals surface area contributed by atoms with Gasteiger partial charge >= 0.3 is 0 Å². The third-order valence-corrected chi connectivity index (χ3v) is 4.91. The van der Waals surface area contributed by atoms with Gasteiger partial charge in [-0.15, -0.1) is 0 Å². The van der Waals surface area contributed by atoms with Crippen molar-refractivity contribution in [2.45, 2.75) is 45.1 Å². The molecule has 0 aromatic heterocycles. The summed E-state index contributed by atoms with van der Waals surface area (Å²) < 4.78 is 0. The summed E-state index contributed by atoms with van der Waals surface area (Å²) in [6, 6.07) is 0.454. The van der Waals surface area contributed by atoms with E-state index >= 15 is 0 Å². The highest BCUT2D eigenvalue weighted by molar-refractivity contribution is 5.00. The van der Waals surface area contributed by atoms with Gasteiger partial charge in [-0.1, -0.05) is 0 Å². The SMILES string of the molecule is CC(N)C1C2CC3CC(C2)CC1C3. The van der Waals surface area contributed by atoms with E-state index in [4.69, 9.17) is 5.73 Å². The maximum Gasteiger partial charge on any atom is 0.00440 e. The first-order valence-corrected chi connectivity index (χ1v) is 5.99. The summed E-state index contributed by atoms with van der Waals surface area (Å²) in [7, 11) is 0. The topological polar surface area (TPSA) is 26.0 Å². The fraction of sp³-hybridized carbons (Fsp3) is 1.00. The second-order valence-electron chi connectivity index (χ2n) is 5.87. The van der Waals surface area contributed by atoms with Gasteiger partial charge in [0.2, 0.25) is 0 Å². The minimum Gasteiger partial charge on any atom is -0.328 e. The predicted octanol–water partition coefficient (Wildman–Crippen LogP) is 2.41. The van der Waals surface area contributed by atoms with Gasteiger partial charge < -0.3 is 5.73 Å². The van der Waals surface area contributed by atoms with Gasteiger partial charge in [-0.2, -0.15) is 0 Å². The highest BCUT2D eigenvalue weighted by Crippen LogP contribution is 2.56. The number of rotatable bonds is 1. The van der Waals surface area contributed by atoms with Gasteiger partial charge in [-0.05, 0) is 68.6 Å². The lowest BCUT2D eigenvalue weighted by molar-refractivity contribution is -0.0442. The lowest BCUT2D eigenvalue weighted by Gasteiger charge is -2.55. The molecule has 4 aliphatic rings. The Labute approximate surface area is 81.1 Å². The van der Waals surface area contributed by atoms with E-state index in [0.29, 0.717) is 6.04 Å². The molecule has 0 radical (unpaired) electrons. The van der Waals surface area contributed by atoms with Crippen molar-refractivity contribution in [2.75, 3.05) is 0 Å². The zero-order valence-electron chi connectivity index (χ0n) is 8.58. The van der Waals surface area contributed by atoms with Crippen LogP contribution in [-0.2, 0) is 0 Å². The molecule has 0 aromatic rings. The minimum atomic E-state index is 0.454. The van der Waals surface area contributed by atoms with Crippen LogP contribution >= 0.6 is 0 Å². The Kier molecular flexibility index (Phi) is 1.74. The Balaban J connectivity index is 1.85. The zero-order valence-corrected chi connectivity index (χ0v) is 8.58. The smallest absolute Gasteiger partial charge is 0.00440 e. The van der Waals surface area contributed by atoms with E-state index in [-0.39, 0.29) is 0 Å². The molecule has 0 aromatic carbocycles. The average molecular weight is 179 g/mol. The van der Waals surface area contributed by atoms with Gasteiger partial charge in [0.1, 0.15) is 0 Å². The summed E-state index contributed by atoms with van der Waals surface area (Å²) in [5, 5.41) is 0. The van der Waals surface area contributed by atoms with Gasteiger partial charge in [0, 0.05) is 6.04 Å². The largest absolute Gasteiger partial charge is 0.328 e. The van der Waals surface area contributed by atoms with Crippen molar-refractivity contribution >= 4 is 0 Å². The number of nitrogens with two attached hydrogens (primary N) is 1. The average Bonchev–Trinajstić information content (AvgIpc) is 2.00.